The highest BCUT2D eigenvalue weighted by Gasteiger charge is 2.34. The lowest BCUT2D eigenvalue weighted by atomic mass is 10.1. The number of ether oxygens (including phenoxy) is 1. The number of carbonyl (C=O) groups is 1. The summed E-state index contributed by atoms with van der Waals surface area (Å²) in [4.78, 5) is 20.7. The number of hydrogen-bond acceptors (Lipinski definition) is 4. The van der Waals surface area contributed by atoms with Gasteiger partial charge >= 0.3 is 0 Å². The average molecular weight is 524 g/mol. The summed E-state index contributed by atoms with van der Waals surface area (Å²) in [6.45, 7) is 0. The summed E-state index contributed by atoms with van der Waals surface area (Å²) < 4.78 is 7.28. The van der Waals surface area contributed by atoms with Crippen molar-refractivity contribution in [1.29, 1.82) is 0 Å². The molecule has 5 rings (SSSR count). The molecule has 0 spiro atoms. The fourth-order valence-corrected chi connectivity index (χ4v) is 5.31. The lowest BCUT2D eigenvalue weighted by Crippen LogP contribution is -2.32. The van der Waals surface area contributed by atoms with Gasteiger partial charge in [-0.15, -0.1) is 11.3 Å². The van der Waals surface area contributed by atoms with Gasteiger partial charge < -0.3 is 4.74 Å². The first-order valence-corrected chi connectivity index (χ1v) is 11.8. The molecule has 3 aromatic carbocycles. The number of benzene rings is 3. The highest BCUT2D eigenvalue weighted by molar-refractivity contribution is 9.10. The molecule has 0 saturated heterocycles. The number of methoxy groups -OCH3 is 1. The Morgan fingerprint density at radius 2 is 1.84 bits per heavy atom. The molecule has 0 atom stereocenters. The van der Waals surface area contributed by atoms with E-state index in [-0.39, 0.29) is 5.91 Å². The Bertz CT molecular complexity index is 1410. The Kier molecular flexibility index (Phi) is 5.59. The van der Waals surface area contributed by atoms with E-state index in [1.807, 2.05) is 72.8 Å². The van der Waals surface area contributed by atoms with Crippen molar-refractivity contribution >= 4 is 72.5 Å². The van der Waals surface area contributed by atoms with Gasteiger partial charge in [-0.05, 0) is 54.1 Å². The van der Waals surface area contributed by atoms with Crippen molar-refractivity contribution in [2.75, 3.05) is 12.0 Å². The zero-order valence-electron chi connectivity index (χ0n) is 16.9. The lowest BCUT2D eigenvalue weighted by molar-refractivity contribution is -0.113. The van der Waals surface area contributed by atoms with Gasteiger partial charge in [-0.2, -0.15) is 0 Å². The van der Waals surface area contributed by atoms with E-state index in [0.717, 1.165) is 30.7 Å². The number of anilines is 1. The molecule has 1 amide bonds. The Morgan fingerprint density at radius 1 is 1.06 bits per heavy atom. The number of aliphatic imine (C=N–C) groups is 1. The molecule has 0 N–H and O–H groups in total. The highest BCUT2D eigenvalue weighted by atomic mass is 79.9. The number of thiophene rings is 1. The second kappa shape index (κ2) is 8.54. The van der Waals surface area contributed by atoms with E-state index >= 15 is 0 Å². The van der Waals surface area contributed by atoms with Crippen LogP contribution in [0.3, 0.4) is 0 Å². The summed E-state index contributed by atoms with van der Waals surface area (Å²) in [5.74, 6) is 1.03. The third-order valence-electron chi connectivity index (χ3n) is 5.08. The third-order valence-corrected chi connectivity index (χ3v) is 7.28. The second-order valence-corrected chi connectivity index (χ2v) is 9.45. The number of fused-ring (bicyclic) bond motifs is 1. The van der Waals surface area contributed by atoms with E-state index in [1.54, 1.807) is 18.1 Å². The minimum atomic E-state index is -0.210. The first-order chi connectivity index (χ1) is 15.5. The zero-order chi connectivity index (χ0) is 22.2. The Morgan fingerprint density at radius 3 is 2.59 bits per heavy atom. The molecule has 4 nitrogen and oxygen atoms in total. The molecule has 32 heavy (non-hydrogen) atoms. The summed E-state index contributed by atoms with van der Waals surface area (Å²) in [6, 6.07) is 23.0. The number of nitrogens with zero attached hydrogens (tertiary/aromatic N) is 2. The van der Waals surface area contributed by atoms with Gasteiger partial charge in [0, 0.05) is 14.6 Å². The topological polar surface area (TPSA) is 41.9 Å². The normalized spacial score (nSPS) is 15.0. The summed E-state index contributed by atoms with van der Waals surface area (Å²) in [7, 11) is 1.61. The Balaban J connectivity index is 1.67. The van der Waals surface area contributed by atoms with E-state index in [9.17, 15) is 4.79 Å². The number of amidine groups is 1. The minimum Gasteiger partial charge on any atom is -0.497 e. The summed E-state index contributed by atoms with van der Waals surface area (Å²) >= 11 is 11.7. The summed E-state index contributed by atoms with van der Waals surface area (Å²) in [5.41, 5.74) is 1.89. The maximum Gasteiger partial charge on any atom is 0.282 e. The molecule has 0 bridgehead atoms. The van der Waals surface area contributed by atoms with Gasteiger partial charge in [0.25, 0.3) is 5.91 Å². The monoisotopic (exact) mass is 522 g/mol. The molecule has 1 aromatic heterocycles. The van der Waals surface area contributed by atoms with E-state index < -0.39 is 0 Å². The number of hydrogen-bond donors (Lipinski definition) is 0. The minimum absolute atomic E-state index is 0.210. The Labute approximate surface area is 202 Å². The van der Waals surface area contributed by atoms with Crippen molar-refractivity contribution in [1.82, 2.24) is 0 Å². The molecular formula is C25H16BrClN2O2S. The van der Waals surface area contributed by atoms with Crippen LogP contribution < -0.4 is 9.64 Å². The molecule has 7 heteroatoms. The summed E-state index contributed by atoms with van der Waals surface area (Å²) in [6.07, 6.45) is 1.77. The van der Waals surface area contributed by atoms with Gasteiger partial charge in [0.2, 0.25) is 0 Å². The van der Waals surface area contributed by atoms with E-state index in [4.69, 9.17) is 21.3 Å². The maximum atomic E-state index is 13.5. The molecule has 0 saturated carbocycles. The van der Waals surface area contributed by atoms with Crippen molar-refractivity contribution in [3.63, 3.8) is 0 Å². The third kappa shape index (κ3) is 3.75. The van der Waals surface area contributed by atoms with Crippen molar-refractivity contribution in [3.8, 4) is 5.75 Å². The van der Waals surface area contributed by atoms with Crippen LogP contribution in [-0.2, 0) is 4.79 Å². The molecule has 0 aliphatic carbocycles. The number of carbonyl (C=O) groups excluding carboxylic acids is 1. The van der Waals surface area contributed by atoms with Crippen LogP contribution in [0.5, 0.6) is 5.75 Å². The van der Waals surface area contributed by atoms with Gasteiger partial charge in [0.15, 0.2) is 5.84 Å². The molecule has 1 aliphatic heterocycles. The molecule has 158 valence electrons. The predicted octanol–water partition coefficient (Wildman–Crippen LogP) is 7.16. The van der Waals surface area contributed by atoms with Crippen LogP contribution in [0.4, 0.5) is 5.69 Å². The number of halogens is 2. The van der Waals surface area contributed by atoms with Gasteiger partial charge in [0.05, 0.1) is 22.7 Å². The fourth-order valence-electron chi connectivity index (χ4n) is 3.55. The predicted molar refractivity (Wildman–Crippen MR) is 136 cm³/mol. The van der Waals surface area contributed by atoms with E-state index in [1.165, 1.54) is 11.3 Å². The fraction of sp³-hybridized carbons (Fsp3) is 0.0400. The van der Waals surface area contributed by atoms with Crippen LogP contribution >= 0.6 is 38.9 Å². The maximum absolute atomic E-state index is 13.5. The zero-order valence-corrected chi connectivity index (χ0v) is 20.0. The van der Waals surface area contributed by atoms with Crippen molar-refractivity contribution in [2.24, 2.45) is 4.99 Å². The number of amides is 1. The first kappa shape index (κ1) is 20.9. The first-order valence-electron chi connectivity index (χ1n) is 9.77. The van der Waals surface area contributed by atoms with Gasteiger partial charge in [-0.3, -0.25) is 9.69 Å². The molecule has 0 unspecified atom stereocenters. The van der Waals surface area contributed by atoms with E-state index in [0.29, 0.717) is 22.3 Å². The van der Waals surface area contributed by atoms with Gasteiger partial charge in [0.1, 0.15) is 11.4 Å². The average Bonchev–Trinajstić information content (AvgIpc) is 3.31. The van der Waals surface area contributed by atoms with Crippen LogP contribution in [0.25, 0.3) is 16.2 Å². The van der Waals surface area contributed by atoms with Crippen molar-refractivity contribution in [3.05, 3.63) is 98.4 Å². The van der Waals surface area contributed by atoms with Crippen molar-refractivity contribution < 1.29 is 9.53 Å². The Hall–Kier alpha value is -2.93. The highest BCUT2D eigenvalue weighted by Crippen LogP contribution is 2.39. The number of rotatable bonds is 4. The molecular weight excluding hydrogens is 508 g/mol. The smallest absolute Gasteiger partial charge is 0.282 e. The molecule has 0 radical (unpaired) electrons. The SMILES string of the molecule is COc1cccc(/C=C2/N=C(c3sc4ccccc4c3Cl)N(c3ccc(Br)cc3)C2=O)c1. The molecule has 2 heterocycles. The lowest BCUT2D eigenvalue weighted by Gasteiger charge is -2.18. The quantitative estimate of drug-likeness (QED) is 0.266. The van der Waals surface area contributed by atoms with Gasteiger partial charge in [-0.1, -0.05) is 57.9 Å². The summed E-state index contributed by atoms with van der Waals surface area (Å²) in [5, 5.41) is 1.55. The van der Waals surface area contributed by atoms with Crippen LogP contribution in [-0.4, -0.2) is 18.9 Å². The standard InChI is InChI=1S/C25H16BrClN2O2S/c1-31-18-6-4-5-15(13-18)14-20-25(30)29(17-11-9-16(26)10-12-17)24(28-20)23-22(27)19-7-2-3-8-21(19)32-23/h2-14H,1H3/b20-14+. The van der Waals surface area contributed by atoms with Crippen LogP contribution in [0, 0.1) is 0 Å². The van der Waals surface area contributed by atoms with Crippen LogP contribution in [0.2, 0.25) is 5.02 Å². The van der Waals surface area contributed by atoms with E-state index in [2.05, 4.69) is 15.9 Å². The second-order valence-electron chi connectivity index (χ2n) is 7.10. The largest absolute Gasteiger partial charge is 0.497 e. The van der Waals surface area contributed by atoms with Crippen molar-refractivity contribution in [2.45, 2.75) is 0 Å². The molecule has 0 fully saturated rings. The van der Waals surface area contributed by atoms with Gasteiger partial charge in [-0.25, -0.2) is 4.99 Å². The van der Waals surface area contributed by atoms with Crippen LogP contribution in [0.15, 0.2) is 88.0 Å². The molecule has 1 aliphatic rings. The van der Waals surface area contributed by atoms with Crippen LogP contribution in [0.1, 0.15) is 10.4 Å². The molecule has 4 aromatic rings.